The average Bonchev–Trinajstić information content (AvgIpc) is 3.24. The number of likely N-dealkylation sites (tertiary alicyclic amines) is 1. The van der Waals surface area contributed by atoms with Crippen LogP contribution >= 0.6 is 24.8 Å². The largest absolute Gasteiger partial charge is 0.337 e. The predicted molar refractivity (Wildman–Crippen MR) is 122 cm³/mol. The summed E-state index contributed by atoms with van der Waals surface area (Å²) in [5, 5.41) is 3.39. The van der Waals surface area contributed by atoms with Gasteiger partial charge in [-0.05, 0) is 30.7 Å². The molecule has 1 aromatic heterocycles. The van der Waals surface area contributed by atoms with Gasteiger partial charge in [0.05, 0.1) is 5.56 Å². The number of hydrogen-bond acceptors (Lipinski definition) is 5. The number of amides is 1. The molecule has 1 atom stereocenters. The molecule has 158 valence electrons. The Balaban J connectivity index is 0.00000150. The number of piperazine rings is 1. The molecule has 6 nitrogen and oxygen atoms in total. The van der Waals surface area contributed by atoms with Crippen molar-refractivity contribution < 1.29 is 4.79 Å². The van der Waals surface area contributed by atoms with Crippen LogP contribution in [0.4, 0.5) is 11.5 Å². The minimum absolute atomic E-state index is 0. The first kappa shape index (κ1) is 23.4. The number of aromatic nitrogens is 1. The third-order valence-corrected chi connectivity index (χ3v) is 5.60. The smallest absolute Gasteiger partial charge is 0.255 e. The number of hydrogen-bond donors (Lipinski definition) is 1. The van der Waals surface area contributed by atoms with Crippen LogP contribution in [-0.4, -0.2) is 73.0 Å². The minimum Gasteiger partial charge on any atom is -0.337 e. The quantitative estimate of drug-likeness (QED) is 0.796. The Kier molecular flexibility index (Phi) is 8.71. The maximum absolute atomic E-state index is 12.9. The van der Waals surface area contributed by atoms with E-state index in [0.29, 0.717) is 11.6 Å². The van der Waals surface area contributed by atoms with Gasteiger partial charge >= 0.3 is 0 Å². The van der Waals surface area contributed by atoms with Crippen LogP contribution in [0.25, 0.3) is 0 Å². The van der Waals surface area contributed by atoms with E-state index in [1.54, 1.807) is 6.20 Å². The number of benzene rings is 1. The van der Waals surface area contributed by atoms with E-state index >= 15 is 0 Å². The fourth-order valence-corrected chi connectivity index (χ4v) is 3.95. The highest BCUT2D eigenvalue weighted by atomic mass is 35.5. The summed E-state index contributed by atoms with van der Waals surface area (Å²) in [5.41, 5.74) is 1.74. The summed E-state index contributed by atoms with van der Waals surface area (Å²) in [6.45, 7) is 5.91. The number of rotatable bonds is 4. The normalized spacial score (nSPS) is 19.2. The van der Waals surface area contributed by atoms with Crippen molar-refractivity contribution in [3.8, 4) is 0 Å². The summed E-state index contributed by atoms with van der Waals surface area (Å²) in [6, 6.07) is 14.4. The molecule has 3 heterocycles. The number of carbonyl (C=O) groups excluding carboxylic acids is 1. The van der Waals surface area contributed by atoms with E-state index in [9.17, 15) is 4.79 Å². The van der Waals surface area contributed by atoms with Gasteiger partial charge in [0.15, 0.2) is 0 Å². The molecule has 8 heteroatoms. The van der Waals surface area contributed by atoms with Crippen LogP contribution in [0.1, 0.15) is 16.8 Å². The van der Waals surface area contributed by atoms with Crippen molar-refractivity contribution in [1.82, 2.24) is 20.1 Å². The highest BCUT2D eigenvalue weighted by molar-refractivity contribution is 5.94. The third kappa shape index (κ3) is 5.39. The summed E-state index contributed by atoms with van der Waals surface area (Å²) in [4.78, 5) is 23.9. The van der Waals surface area contributed by atoms with E-state index in [2.05, 4.69) is 15.2 Å². The van der Waals surface area contributed by atoms with Crippen molar-refractivity contribution in [2.45, 2.75) is 12.5 Å². The molecule has 0 saturated carbocycles. The average molecular weight is 438 g/mol. The number of anilines is 2. The van der Waals surface area contributed by atoms with Crippen LogP contribution in [0.2, 0.25) is 0 Å². The van der Waals surface area contributed by atoms with Crippen molar-refractivity contribution in [2.75, 3.05) is 51.2 Å². The van der Waals surface area contributed by atoms with Gasteiger partial charge in [0.1, 0.15) is 5.82 Å². The zero-order valence-electron chi connectivity index (χ0n) is 16.7. The van der Waals surface area contributed by atoms with Crippen LogP contribution in [-0.2, 0) is 0 Å². The van der Waals surface area contributed by atoms with E-state index in [1.807, 2.05) is 59.3 Å². The van der Waals surface area contributed by atoms with Crippen LogP contribution < -0.4 is 10.2 Å². The zero-order chi connectivity index (χ0) is 18.6. The van der Waals surface area contributed by atoms with E-state index in [1.165, 1.54) is 0 Å². The van der Waals surface area contributed by atoms with Gasteiger partial charge in [-0.3, -0.25) is 9.69 Å². The number of nitrogens with one attached hydrogen (secondary N) is 1. The topological polar surface area (TPSA) is 51.7 Å². The fraction of sp³-hybridized carbons (Fsp3) is 0.429. The van der Waals surface area contributed by atoms with E-state index < -0.39 is 0 Å². The lowest BCUT2D eigenvalue weighted by atomic mass is 10.2. The molecule has 2 aliphatic heterocycles. The van der Waals surface area contributed by atoms with Gasteiger partial charge in [-0.2, -0.15) is 0 Å². The van der Waals surface area contributed by atoms with Crippen molar-refractivity contribution in [3.05, 3.63) is 54.2 Å². The number of para-hydroxylation sites is 1. The first-order chi connectivity index (χ1) is 13.2. The summed E-state index contributed by atoms with van der Waals surface area (Å²) in [5.74, 6) is 0.923. The van der Waals surface area contributed by atoms with Crippen molar-refractivity contribution >= 4 is 42.2 Å². The second-order valence-corrected chi connectivity index (χ2v) is 7.28. The van der Waals surface area contributed by atoms with Gasteiger partial charge in [0, 0.05) is 64.2 Å². The molecule has 1 unspecified atom stereocenters. The molecule has 0 aliphatic carbocycles. The Morgan fingerprint density at radius 1 is 1.07 bits per heavy atom. The lowest BCUT2D eigenvalue weighted by Gasteiger charge is -2.32. The second kappa shape index (κ2) is 10.8. The standard InChI is InChI=1S/C21H27N5O.2ClH/c1-24(18-5-3-2-4-6-18)20-8-7-17(15-23-20)21(27)26-12-9-19(16-26)25-13-10-22-11-14-25;;/h2-8,15,19,22H,9-14,16H2,1H3;2*1H. The summed E-state index contributed by atoms with van der Waals surface area (Å²) in [7, 11) is 1.98. The van der Waals surface area contributed by atoms with Crippen LogP contribution in [0.15, 0.2) is 48.7 Å². The van der Waals surface area contributed by atoms with Gasteiger partial charge in [0.25, 0.3) is 5.91 Å². The predicted octanol–water partition coefficient (Wildman–Crippen LogP) is 2.81. The Morgan fingerprint density at radius 2 is 1.79 bits per heavy atom. The fourth-order valence-electron chi connectivity index (χ4n) is 3.95. The third-order valence-electron chi connectivity index (χ3n) is 5.60. The molecular weight excluding hydrogens is 409 g/mol. The lowest BCUT2D eigenvalue weighted by Crippen LogP contribution is -2.49. The molecule has 2 fully saturated rings. The van der Waals surface area contributed by atoms with E-state index in [-0.39, 0.29) is 30.7 Å². The number of pyridine rings is 1. The summed E-state index contributed by atoms with van der Waals surface area (Å²) >= 11 is 0. The zero-order valence-corrected chi connectivity index (χ0v) is 18.3. The molecule has 29 heavy (non-hydrogen) atoms. The molecule has 1 N–H and O–H groups in total. The summed E-state index contributed by atoms with van der Waals surface area (Å²) in [6.07, 6.45) is 2.77. The first-order valence-electron chi connectivity index (χ1n) is 9.71. The Bertz CT molecular complexity index is 768. The van der Waals surface area contributed by atoms with E-state index in [0.717, 1.165) is 57.2 Å². The molecule has 0 bridgehead atoms. The Morgan fingerprint density at radius 3 is 2.45 bits per heavy atom. The molecule has 1 aromatic carbocycles. The summed E-state index contributed by atoms with van der Waals surface area (Å²) < 4.78 is 0. The van der Waals surface area contributed by atoms with Gasteiger partial charge in [-0.15, -0.1) is 24.8 Å². The van der Waals surface area contributed by atoms with Crippen molar-refractivity contribution in [2.24, 2.45) is 0 Å². The highest BCUT2D eigenvalue weighted by Crippen LogP contribution is 2.22. The van der Waals surface area contributed by atoms with Gasteiger partial charge in [0.2, 0.25) is 0 Å². The monoisotopic (exact) mass is 437 g/mol. The number of halogens is 2. The minimum atomic E-state index is 0. The molecule has 2 saturated heterocycles. The molecule has 0 spiro atoms. The van der Waals surface area contributed by atoms with E-state index in [4.69, 9.17) is 0 Å². The van der Waals surface area contributed by atoms with Crippen molar-refractivity contribution in [3.63, 3.8) is 0 Å². The maximum Gasteiger partial charge on any atom is 0.255 e. The van der Waals surface area contributed by atoms with Crippen LogP contribution in [0.5, 0.6) is 0 Å². The van der Waals surface area contributed by atoms with Crippen LogP contribution in [0.3, 0.4) is 0 Å². The van der Waals surface area contributed by atoms with Gasteiger partial charge < -0.3 is 15.1 Å². The van der Waals surface area contributed by atoms with Crippen LogP contribution in [0, 0.1) is 0 Å². The molecule has 0 radical (unpaired) electrons. The lowest BCUT2D eigenvalue weighted by molar-refractivity contribution is 0.0773. The molecule has 4 rings (SSSR count). The van der Waals surface area contributed by atoms with Gasteiger partial charge in [-0.1, -0.05) is 18.2 Å². The molecule has 2 aliphatic rings. The number of carbonyl (C=O) groups is 1. The second-order valence-electron chi connectivity index (χ2n) is 7.28. The molecule has 1 amide bonds. The first-order valence-corrected chi connectivity index (χ1v) is 9.71. The number of nitrogens with zero attached hydrogens (tertiary/aromatic N) is 4. The Hall–Kier alpha value is -1.86. The van der Waals surface area contributed by atoms with Gasteiger partial charge in [-0.25, -0.2) is 4.98 Å². The molecular formula is C21H29Cl2N5O. The molecule has 2 aromatic rings. The Labute approximate surface area is 185 Å². The highest BCUT2D eigenvalue weighted by Gasteiger charge is 2.31. The van der Waals surface area contributed by atoms with Crippen molar-refractivity contribution in [1.29, 1.82) is 0 Å². The maximum atomic E-state index is 12.9. The SMILES string of the molecule is CN(c1ccccc1)c1ccc(C(=O)N2CCC(N3CCNCC3)C2)cn1.Cl.Cl.